The summed E-state index contributed by atoms with van der Waals surface area (Å²) in [5, 5.41) is 18.6. The lowest BCUT2D eigenvalue weighted by Crippen LogP contribution is -2.57. The second-order valence-electron chi connectivity index (χ2n) is 12.3. The molecule has 2 fully saturated rings. The number of benzene rings is 1. The number of nitrogens with zero attached hydrogens (tertiary/aromatic N) is 4. The van der Waals surface area contributed by atoms with Gasteiger partial charge in [-0.3, -0.25) is 19.1 Å². The zero-order chi connectivity index (χ0) is 30.4. The van der Waals surface area contributed by atoms with E-state index in [9.17, 15) is 24.3 Å². The molecule has 224 valence electrons. The summed E-state index contributed by atoms with van der Waals surface area (Å²) in [6.45, 7) is 10.8. The van der Waals surface area contributed by atoms with E-state index in [1.807, 2.05) is 44.5 Å². The molecule has 0 saturated carbocycles. The van der Waals surface area contributed by atoms with Crippen LogP contribution in [0, 0.1) is 12.3 Å². The van der Waals surface area contributed by atoms with Crippen LogP contribution >= 0.6 is 0 Å². The van der Waals surface area contributed by atoms with Crippen LogP contribution in [0.4, 0.5) is 16.3 Å². The van der Waals surface area contributed by atoms with Gasteiger partial charge in [-0.1, -0.05) is 27.7 Å². The summed E-state index contributed by atoms with van der Waals surface area (Å²) >= 11 is 0. The summed E-state index contributed by atoms with van der Waals surface area (Å²) in [4.78, 5) is 55.7. The number of morpholine rings is 1. The first-order valence-electron chi connectivity index (χ1n) is 14.3. The number of pyridine rings is 1. The highest BCUT2D eigenvalue weighted by Gasteiger charge is 2.47. The minimum Gasteiger partial charge on any atom is -0.465 e. The molecule has 0 bridgehead atoms. The Morgan fingerprint density at radius 1 is 1.21 bits per heavy atom. The van der Waals surface area contributed by atoms with Crippen molar-refractivity contribution in [1.82, 2.24) is 24.6 Å². The van der Waals surface area contributed by atoms with Crippen LogP contribution in [-0.4, -0.2) is 79.9 Å². The van der Waals surface area contributed by atoms with Crippen LogP contribution in [0.1, 0.15) is 62.9 Å². The van der Waals surface area contributed by atoms with E-state index in [1.54, 1.807) is 18.3 Å². The predicted molar refractivity (Wildman–Crippen MR) is 157 cm³/mol. The Balaban J connectivity index is 1.51. The van der Waals surface area contributed by atoms with E-state index in [2.05, 4.69) is 17.2 Å². The largest absolute Gasteiger partial charge is 0.465 e. The number of nitrogens with one attached hydrogen (secondary N) is 2. The fraction of sp³-hybridized carbons (Fsp3) is 0.500. The maximum absolute atomic E-state index is 13.1. The van der Waals surface area contributed by atoms with Gasteiger partial charge in [0, 0.05) is 30.0 Å². The van der Waals surface area contributed by atoms with Crippen molar-refractivity contribution in [2.75, 3.05) is 31.6 Å². The Hall–Kier alpha value is -4.35. The van der Waals surface area contributed by atoms with Crippen LogP contribution in [0.2, 0.25) is 0 Å². The van der Waals surface area contributed by atoms with Gasteiger partial charge in [-0.25, -0.2) is 4.79 Å². The number of amides is 2. The Bertz CT molecular complexity index is 1600. The molecular weight excluding hydrogens is 540 g/mol. The van der Waals surface area contributed by atoms with Crippen LogP contribution < -0.4 is 10.9 Å². The molecule has 2 aromatic heterocycles. The van der Waals surface area contributed by atoms with Crippen LogP contribution in [0.25, 0.3) is 10.9 Å². The zero-order valence-corrected chi connectivity index (χ0v) is 24.7. The van der Waals surface area contributed by atoms with Crippen molar-refractivity contribution in [1.29, 1.82) is 0 Å². The topological polar surface area (TPSA) is 150 Å². The summed E-state index contributed by atoms with van der Waals surface area (Å²) in [7, 11) is 0. The molecule has 2 unspecified atom stereocenters. The second kappa shape index (κ2) is 10.8. The molecule has 42 heavy (non-hydrogen) atoms. The monoisotopic (exact) mass is 578 g/mol. The third kappa shape index (κ3) is 5.21. The number of hydrogen-bond acceptors (Lipinski definition) is 7. The number of aromatic amines is 1. The molecule has 5 rings (SSSR count). The number of anilines is 2. The quantitative estimate of drug-likeness (QED) is 0.384. The average molecular weight is 579 g/mol. The first-order chi connectivity index (χ1) is 19.8. The number of cyclic esters (lactones) is 1. The lowest BCUT2D eigenvalue weighted by atomic mass is 9.72. The van der Waals surface area contributed by atoms with E-state index in [0.717, 1.165) is 0 Å². The molecule has 0 spiro atoms. The van der Waals surface area contributed by atoms with E-state index in [0.29, 0.717) is 65.9 Å². The minimum absolute atomic E-state index is 0.0794. The molecule has 3 aromatic rings. The number of rotatable bonds is 5. The third-order valence-corrected chi connectivity index (χ3v) is 8.68. The standard InChI is InChI=1S/C30H38N6O6/c1-6-30(10-12-35(28(40)41)22(16-30)29(3,4)5)36-21-9-11-31-26(38)24(21)25(33-36)32-19-7-8-20(18(2)15-19)27(39)34-13-14-42-23(37)17-34/h7-9,11,15,22H,6,10,12-14,16-17H2,1-5H3,(H,31,38)(H,32,33)(H,40,41). The molecule has 4 heterocycles. The van der Waals surface area contributed by atoms with Crippen molar-refractivity contribution in [3.8, 4) is 0 Å². The molecule has 12 nitrogen and oxygen atoms in total. The van der Waals surface area contributed by atoms with E-state index in [4.69, 9.17) is 9.84 Å². The van der Waals surface area contributed by atoms with Gasteiger partial charge in [0.25, 0.3) is 11.5 Å². The van der Waals surface area contributed by atoms with Gasteiger partial charge in [-0.2, -0.15) is 5.10 Å². The third-order valence-electron chi connectivity index (χ3n) is 8.68. The number of likely N-dealkylation sites (tertiary alicyclic amines) is 1. The van der Waals surface area contributed by atoms with Gasteiger partial charge >= 0.3 is 12.1 Å². The Labute approximate surface area is 243 Å². The molecule has 3 N–H and O–H groups in total. The maximum atomic E-state index is 13.1. The SMILES string of the molecule is CCC1(n2nc(Nc3ccc(C(=O)N4CCOC(=O)C4)c(C)c3)c3c(=O)[nH]ccc32)CCN(C(=O)O)C(C(C)(C)C)C1. The molecule has 0 radical (unpaired) electrons. The number of carbonyl (C=O) groups is 3. The lowest BCUT2D eigenvalue weighted by molar-refractivity contribution is -0.149. The van der Waals surface area contributed by atoms with Crippen molar-refractivity contribution in [2.24, 2.45) is 5.41 Å². The predicted octanol–water partition coefficient (Wildman–Crippen LogP) is 4.07. The molecule has 2 saturated heterocycles. The number of ether oxygens (including phenoxy) is 1. The molecule has 0 aliphatic carbocycles. The van der Waals surface area contributed by atoms with Crippen molar-refractivity contribution in [2.45, 2.75) is 65.5 Å². The first kappa shape index (κ1) is 29.2. The number of aryl methyl sites for hydroxylation is 1. The molecule has 2 amide bonds. The van der Waals surface area contributed by atoms with E-state index in [1.165, 1.54) is 9.80 Å². The van der Waals surface area contributed by atoms with Crippen molar-refractivity contribution >= 4 is 40.4 Å². The van der Waals surface area contributed by atoms with Crippen molar-refractivity contribution < 1.29 is 24.2 Å². The number of hydrogen-bond donors (Lipinski definition) is 3. The van der Waals surface area contributed by atoms with Crippen LogP contribution in [0.15, 0.2) is 35.3 Å². The smallest absolute Gasteiger partial charge is 0.407 e. The summed E-state index contributed by atoms with van der Waals surface area (Å²) in [5.74, 6) is -0.289. The average Bonchev–Trinajstić information content (AvgIpc) is 3.32. The zero-order valence-electron chi connectivity index (χ0n) is 24.7. The highest BCUT2D eigenvalue weighted by atomic mass is 16.5. The number of carboxylic acid groups (broad SMARTS) is 1. The number of carbonyl (C=O) groups excluding carboxylic acids is 2. The molecule has 2 atom stereocenters. The fourth-order valence-corrected chi connectivity index (χ4v) is 6.26. The van der Waals surface area contributed by atoms with Crippen LogP contribution in [-0.2, 0) is 15.1 Å². The van der Waals surface area contributed by atoms with Gasteiger partial charge in [0.2, 0.25) is 0 Å². The number of fused-ring (bicyclic) bond motifs is 1. The Kier molecular flexibility index (Phi) is 7.50. The summed E-state index contributed by atoms with van der Waals surface area (Å²) in [6, 6.07) is 6.86. The summed E-state index contributed by atoms with van der Waals surface area (Å²) < 4.78 is 6.86. The van der Waals surface area contributed by atoms with Crippen LogP contribution in [0.5, 0.6) is 0 Å². The highest BCUT2D eigenvalue weighted by molar-refractivity contribution is 5.98. The Morgan fingerprint density at radius 2 is 1.98 bits per heavy atom. The highest BCUT2D eigenvalue weighted by Crippen LogP contribution is 2.44. The normalized spacial score (nSPS) is 21.4. The lowest BCUT2D eigenvalue weighted by Gasteiger charge is -2.50. The van der Waals surface area contributed by atoms with Gasteiger partial charge in [-0.05, 0) is 61.4 Å². The molecule has 1 aromatic carbocycles. The van der Waals surface area contributed by atoms with E-state index < -0.39 is 17.6 Å². The molecule has 2 aliphatic heterocycles. The van der Waals surface area contributed by atoms with Gasteiger partial charge in [0.1, 0.15) is 18.5 Å². The molecule has 12 heteroatoms. The van der Waals surface area contributed by atoms with Gasteiger partial charge in [-0.15, -0.1) is 0 Å². The number of aromatic nitrogens is 3. The minimum atomic E-state index is -0.929. The Morgan fingerprint density at radius 3 is 2.62 bits per heavy atom. The number of H-pyrrole nitrogens is 1. The molecule has 2 aliphatic rings. The van der Waals surface area contributed by atoms with Gasteiger partial charge in [0.15, 0.2) is 5.82 Å². The summed E-state index contributed by atoms with van der Waals surface area (Å²) in [5.41, 5.74) is 1.41. The van der Waals surface area contributed by atoms with Gasteiger partial charge in [0.05, 0.1) is 17.6 Å². The van der Waals surface area contributed by atoms with Crippen LogP contribution in [0.3, 0.4) is 0 Å². The van der Waals surface area contributed by atoms with Crippen molar-refractivity contribution in [3.05, 3.63) is 51.9 Å². The fourth-order valence-electron chi connectivity index (χ4n) is 6.26. The first-order valence-corrected chi connectivity index (χ1v) is 14.3. The molecular formula is C30H38N6O6. The second-order valence-corrected chi connectivity index (χ2v) is 12.3. The maximum Gasteiger partial charge on any atom is 0.407 e. The number of esters is 1. The number of piperidine rings is 1. The summed E-state index contributed by atoms with van der Waals surface area (Å²) in [6.07, 6.45) is 2.50. The van der Waals surface area contributed by atoms with Gasteiger partial charge < -0.3 is 29.9 Å². The van der Waals surface area contributed by atoms with E-state index >= 15 is 0 Å². The van der Waals surface area contributed by atoms with E-state index in [-0.39, 0.29) is 36.1 Å². The van der Waals surface area contributed by atoms with Crippen molar-refractivity contribution in [3.63, 3.8) is 0 Å².